The second-order valence-electron chi connectivity index (χ2n) is 4.98. The fourth-order valence-electron chi connectivity index (χ4n) is 1.96. The lowest BCUT2D eigenvalue weighted by Crippen LogP contribution is -2.31. The van der Waals surface area contributed by atoms with Gasteiger partial charge in [0.05, 0.1) is 31.1 Å². The maximum absolute atomic E-state index is 13.2. The van der Waals surface area contributed by atoms with Crippen LogP contribution in [0.15, 0.2) is 30.6 Å². The molecule has 0 aliphatic carbocycles. The summed E-state index contributed by atoms with van der Waals surface area (Å²) in [6.07, 6.45) is 3.18. The van der Waals surface area contributed by atoms with Gasteiger partial charge in [0.25, 0.3) is 0 Å². The number of rotatable bonds is 6. The van der Waals surface area contributed by atoms with Crippen molar-refractivity contribution in [2.75, 3.05) is 19.0 Å². The average Bonchev–Trinajstić information content (AvgIpc) is 2.95. The van der Waals surface area contributed by atoms with E-state index in [0.717, 1.165) is 12.1 Å². The van der Waals surface area contributed by atoms with E-state index in [4.69, 9.17) is 4.74 Å². The molecule has 8 heteroatoms. The molecule has 0 aliphatic heterocycles. The number of urea groups is 1. The normalized spacial score (nSPS) is 12.0. The number of nitrogens with zero attached hydrogens (tertiary/aromatic N) is 2. The van der Waals surface area contributed by atoms with E-state index >= 15 is 0 Å². The lowest BCUT2D eigenvalue weighted by molar-refractivity contribution is 0.183. The number of anilines is 1. The van der Waals surface area contributed by atoms with Crippen LogP contribution >= 0.6 is 0 Å². The number of halogens is 2. The first kappa shape index (κ1) is 16.9. The van der Waals surface area contributed by atoms with E-state index in [1.165, 1.54) is 12.3 Å². The molecule has 0 fully saturated rings. The van der Waals surface area contributed by atoms with Gasteiger partial charge in [0.2, 0.25) is 0 Å². The Labute approximate surface area is 132 Å². The first-order chi connectivity index (χ1) is 11.0. The van der Waals surface area contributed by atoms with Crippen molar-refractivity contribution in [1.82, 2.24) is 15.1 Å². The molecule has 1 aromatic carbocycles. The highest BCUT2D eigenvalue weighted by atomic mass is 19.2. The van der Waals surface area contributed by atoms with Crippen molar-refractivity contribution in [3.8, 4) is 0 Å². The second kappa shape index (κ2) is 7.68. The summed E-state index contributed by atoms with van der Waals surface area (Å²) in [5.74, 6) is -1.87. The predicted molar refractivity (Wildman–Crippen MR) is 81.0 cm³/mol. The molecule has 2 N–H and O–H groups in total. The van der Waals surface area contributed by atoms with Gasteiger partial charge >= 0.3 is 6.03 Å². The number of carbonyl (C=O) groups excluding carboxylic acids is 1. The molecule has 0 aliphatic rings. The molecular formula is C15H18F2N4O2. The summed E-state index contributed by atoms with van der Waals surface area (Å²) >= 11 is 0. The highest BCUT2D eigenvalue weighted by Crippen LogP contribution is 2.16. The van der Waals surface area contributed by atoms with Crippen LogP contribution in [-0.4, -0.2) is 29.5 Å². The van der Waals surface area contributed by atoms with E-state index in [2.05, 4.69) is 15.7 Å². The maximum Gasteiger partial charge on any atom is 0.319 e. The zero-order valence-electron chi connectivity index (χ0n) is 12.8. The Morgan fingerprint density at radius 1 is 1.39 bits per heavy atom. The van der Waals surface area contributed by atoms with Gasteiger partial charge < -0.3 is 15.4 Å². The van der Waals surface area contributed by atoms with Gasteiger partial charge in [-0.15, -0.1) is 0 Å². The summed E-state index contributed by atoms with van der Waals surface area (Å²) in [7, 11) is 1.59. The Kier molecular flexibility index (Phi) is 5.64. The Morgan fingerprint density at radius 2 is 2.17 bits per heavy atom. The standard InChI is InChI=1S/C15H18F2N4O2/c1-10(11-3-4-13(16)14(17)7-11)19-15(22)20-12-8-18-21(9-12)5-6-23-2/h3-4,7-10H,5-6H2,1-2H3,(H2,19,20,22)/t10-/m1/s1. The molecule has 2 rings (SSSR count). The maximum atomic E-state index is 13.2. The second-order valence-corrected chi connectivity index (χ2v) is 4.98. The van der Waals surface area contributed by atoms with Crippen LogP contribution < -0.4 is 10.6 Å². The van der Waals surface area contributed by atoms with Gasteiger partial charge in [0, 0.05) is 13.3 Å². The predicted octanol–water partition coefficient (Wildman–Crippen LogP) is 2.69. The van der Waals surface area contributed by atoms with Gasteiger partial charge in [-0.05, 0) is 24.6 Å². The van der Waals surface area contributed by atoms with E-state index in [-0.39, 0.29) is 0 Å². The molecule has 0 saturated heterocycles. The van der Waals surface area contributed by atoms with Crippen LogP contribution in [0.1, 0.15) is 18.5 Å². The summed E-state index contributed by atoms with van der Waals surface area (Å²) in [6, 6.07) is 2.57. The van der Waals surface area contributed by atoms with Crippen LogP contribution in [0.5, 0.6) is 0 Å². The number of aromatic nitrogens is 2. The average molecular weight is 324 g/mol. The van der Waals surface area contributed by atoms with Gasteiger partial charge in [0.15, 0.2) is 11.6 Å². The smallest absolute Gasteiger partial charge is 0.319 e. The fourth-order valence-corrected chi connectivity index (χ4v) is 1.96. The topological polar surface area (TPSA) is 68.2 Å². The molecule has 2 amide bonds. The quantitative estimate of drug-likeness (QED) is 0.858. The minimum Gasteiger partial charge on any atom is -0.383 e. The van der Waals surface area contributed by atoms with Gasteiger partial charge in [-0.25, -0.2) is 13.6 Å². The number of benzene rings is 1. The summed E-state index contributed by atoms with van der Waals surface area (Å²) in [5.41, 5.74) is 0.992. The summed E-state index contributed by atoms with van der Waals surface area (Å²) < 4.78 is 32.7. The molecule has 0 spiro atoms. The highest BCUT2D eigenvalue weighted by Gasteiger charge is 2.12. The van der Waals surface area contributed by atoms with Gasteiger partial charge in [-0.3, -0.25) is 4.68 Å². The van der Waals surface area contributed by atoms with E-state index in [1.807, 2.05) is 0 Å². The number of hydrogen-bond donors (Lipinski definition) is 2. The van der Waals surface area contributed by atoms with Crippen molar-refractivity contribution in [2.45, 2.75) is 19.5 Å². The third-order valence-corrected chi connectivity index (χ3v) is 3.21. The number of nitrogens with one attached hydrogen (secondary N) is 2. The molecule has 1 atom stereocenters. The Morgan fingerprint density at radius 3 is 2.87 bits per heavy atom. The minimum absolute atomic E-state index is 0.464. The molecule has 0 saturated carbocycles. The van der Waals surface area contributed by atoms with E-state index in [0.29, 0.717) is 24.4 Å². The third kappa shape index (κ3) is 4.75. The molecule has 23 heavy (non-hydrogen) atoms. The van der Waals surface area contributed by atoms with Crippen molar-refractivity contribution in [2.24, 2.45) is 0 Å². The van der Waals surface area contributed by atoms with E-state index < -0.39 is 23.7 Å². The third-order valence-electron chi connectivity index (χ3n) is 3.21. The minimum atomic E-state index is -0.948. The van der Waals surface area contributed by atoms with Crippen LogP contribution in [0.3, 0.4) is 0 Å². The molecule has 6 nitrogen and oxygen atoms in total. The Balaban J connectivity index is 1.90. The zero-order chi connectivity index (χ0) is 16.8. The molecule has 1 aromatic heterocycles. The van der Waals surface area contributed by atoms with Crippen molar-refractivity contribution >= 4 is 11.7 Å². The van der Waals surface area contributed by atoms with Crippen LogP contribution in [0.25, 0.3) is 0 Å². The summed E-state index contributed by atoms with van der Waals surface area (Å²) in [6.45, 7) is 2.76. The SMILES string of the molecule is COCCn1cc(NC(=O)N[C@H](C)c2ccc(F)c(F)c2)cn1. The van der Waals surface area contributed by atoms with Crippen LogP contribution in [-0.2, 0) is 11.3 Å². The molecular weight excluding hydrogens is 306 g/mol. The summed E-state index contributed by atoms with van der Waals surface area (Å²) in [4.78, 5) is 11.9. The molecule has 2 aromatic rings. The summed E-state index contributed by atoms with van der Waals surface area (Å²) in [5, 5.41) is 9.33. The van der Waals surface area contributed by atoms with E-state index in [1.54, 1.807) is 24.9 Å². The van der Waals surface area contributed by atoms with E-state index in [9.17, 15) is 13.6 Å². The highest BCUT2D eigenvalue weighted by molar-refractivity contribution is 5.89. The van der Waals surface area contributed by atoms with Gasteiger partial charge in [-0.1, -0.05) is 6.07 Å². The number of amides is 2. The van der Waals surface area contributed by atoms with Crippen LogP contribution in [0.4, 0.5) is 19.3 Å². The molecule has 124 valence electrons. The number of methoxy groups -OCH3 is 1. The van der Waals surface area contributed by atoms with Crippen molar-refractivity contribution < 1.29 is 18.3 Å². The Bertz CT molecular complexity index is 675. The number of hydrogen-bond acceptors (Lipinski definition) is 3. The molecule has 0 radical (unpaired) electrons. The van der Waals surface area contributed by atoms with Crippen LogP contribution in [0, 0.1) is 11.6 Å². The number of carbonyl (C=O) groups is 1. The van der Waals surface area contributed by atoms with Gasteiger partial charge in [-0.2, -0.15) is 5.10 Å². The van der Waals surface area contributed by atoms with Crippen molar-refractivity contribution in [1.29, 1.82) is 0 Å². The van der Waals surface area contributed by atoms with Gasteiger partial charge in [0.1, 0.15) is 0 Å². The van der Waals surface area contributed by atoms with Crippen LogP contribution in [0.2, 0.25) is 0 Å². The fraction of sp³-hybridized carbons (Fsp3) is 0.333. The molecule has 0 unspecified atom stereocenters. The monoisotopic (exact) mass is 324 g/mol. The van der Waals surface area contributed by atoms with Crippen molar-refractivity contribution in [3.05, 3.63) is 47.8 Å². The first-order valence-corrected chi connectivity index (χ1v) is 7.03. The molecule has 1 heterocycles. The van der Waals surface area contributed by atoms with Crippen molar-refractivity contribution in [3.63, 3.8) is 0 Å². The first-order valence-electron chi connectivity index (χ1n) is 7.03. The lowest BCUT2D eigenvalue weighted by Gasteiger charge is -2.14. The number of ether oxygens (including phenoxy) is 1. The Hall–Kier alpha value is -2.48. The zero-order valence-corrected chi connectivity index (χ0v) is 12.8. The largest absolute Gasteiger partial charge is 0.383 e. The lowest BCUT2D eigenvalue weighted by atomic mass is 10.1. The molecule has 0 bridgehead atoms.